The molecule has 1 aromatic rings. The highest BCUT2D eigenvalue weighted by atomic mass is 28.3. The van der Waals surface area contributed by atoms with E-state index >= 15 is 0 Å². The summed E-state index contributed by atoms with van der Waals surface area (Å²) in [4.78, 5) is 25.3. The molecule has 0 saturated carbocycles. The summed E-state index contributed by atoms with van der Waals surface area (Å²) >= 11 is 0. The Bertz CT molecular complexity index is 559. The molecule has 0 fully saturated rings. The van der Waals surface area contributed by atoms with Crippen molar-refractivity contribution >= 4 is 8.80 Å². The van der Waals surface area contributed by atoms with Gasteiger partial charge in [0.25, 0.3) is 5.56 Å². The molecular weight excluding hydrogens is 288 g/mol. The molecule has 0 radical (unpaired) electrons. The van der Waals surface area contributed by atoms with Crippen LogP contribution in [0.4, 0.5) is 0 Å². The van der Waals surface area contributed by atoms with E-state index in [0.29, 0.717) is 6.42 Å². The van der Waals surface area contributed by atoms with E-state index in [2.05, 4.69) is 38.8 Å². The third kappa shape index (κ3) is 5.60. The number of aliphatic hydroxyl groups excluding tert-OH is 1. The molecule has 2 unspecified atom stereocenters. The van der Waals surface area contributed by atoms with E-state index in [0.717, 1.165) is 0 Å². The Morgan fingerprint density at radius 2 is 2.00 bits per heavy atom. The molecule has 2 N–H and O–H groups in total. The lowest BCUT2D eigenvalue weighted by molar-refractivity contribution is -0.0557. The minimum absolute atomic E-state index is 0.0203. The van der Waals surface area contributed by atoms with Crippen molar-refractivity contribution in [3.8, 4) is 0 Å². The predicted molar refractivity (Wildman–Crippen MR) is 85.3 cm³/mol. The maximum atomic E-state index is 11.9. The van der Waals surface area contributed by atoms with Crippen LogP contribution in [0.1, 0.15) is 33.0 Å². The number of nitrogens with one attached hydrogen (secondary N) is 1. The number of aromatic amines is 1. The fourth-order valence-electron chi connectivity index (χ4n) is 2.21. The fourth-order valence-corrected chi connectivity index (χ4v) is 3.62. The molecule has 0 aliphatic carbocycles. The lowest BCUT2D eigenvalue weighted by Gasteiger charge is -2.31. The summed E-state index contributed by atoms with van der Waals surface area (Å²) in [6.45, 7) is 10.3. The molecule has 6 nitrogen and oxygen atoms in total. The first-order valence-corrected chi connectivity index (χ1v) is 10.2. The van der Waals surface area contributed by atoms with Crippen LogP contribution < -0.4 is 11.2 Å². The van der Waals surface area contributed by atoms with Gasteiger partial charge in [-0.15, -0.1) is 0 Å². The van der Waals surface area contributed by atoms with Gasteiger partial charge in [0.15, 0.2) is 0 Å². The maximum absolute atomic E-state index is 11.9. The van der Waals surface area contributed by atoms with Crippen molar-refractivity contribution in [1.29, 1.82) is 0 Å². The molecule has 7 heteroatoms. The van der Waals surface area contributed by atoms with E-state index in [1.807, 2.05) is 0 Å². The summed E-state index contributed by atoms with van der Waals surface area (Å²) in [5.74, 6) is -0.395. The van der Waals surface area contributed by atoms with Crippen LogP contribution in [-0.4, -0.2) is 36.2 Å². The van der Waals surface area contributed by atoms with E-state index in [1.165, 1.54) is 16.8 Å². The van der Waals surface area contributed by atoms with E-state index in [1.54, 1.807) is 0 Å². The van der Waals surface area contributed by atoms with E-state index < -0.39 is 25.9 Å². The molecule has 0 aromatic carbocycles. The van der Waals surface area contributed by atoms with Crippen molar-refractivity contribution in [3.63, 3.8) is 0 Å². The second-order valence-electron chi connectivity index (χ2n) is 6.86. The normalized spacial score (nSPS) is 15.2. The smallest absolute Gasteiger partial charge is 0.330 e. The summed E-state index contributed by atoms with van der Waals surface area (Å²) < 4.78 is 7.42. The molecule has 120 valence electrons. The number of aromatic nitrogens is 2. The zero-order valence-corrected chi connectivity index (χ0v) is 14.6. The second kappa shape index (κ2) is 7.19. The number of hydrogen-bond donors (Lipinski definition) is 2. The Morgan fingerprint density at radius 1 is 1.38 bits per heavy atom. The molecule has 1 aromatic heterocycles. The first-order valence-electron chi connectivity index (χ1n) is 7.22. The van der Waals surface area contributed by atoms with Gasteiger partial charge in [-0.1, -0.05) is 33.9 Å². The van der Waals surface area contributed by atoms with Crippen LogP contribution in [0.5, 0.6) is 0 Å². The van der Waals surface area contributed by atoms with Gasteiger partial charge in [0.1, 0.15) is 5.85 Å². The average molecular weight is 314 g/mol. The molecule has 0 aliphatic heterocycles. The molecule has 21 heavy (non-hydrogen) atoms. The molecule has 0 aliphatic rings. The number of ether oxygens (including phenoxy) is 1. The topological polar surface area (TPSA) is 84.3 Å². The number of rotatable bonds is 6. The average Bonchev–Trinajstić information content (AvgIpc) is 2.33. The number of H-pyrrole nitrogens is 1. The lowest BCUT2D eigenvalue weighted by atomic mass is 9.89. The van der Waals surface area contributed by atoms with Crippen molar-refractivity contribution in [1.82, 2.24) is 9.55 Å². The number of aliphatic hydroxyl groups is 1. The first-order chi connectivity index (χ1) is 9.64. The molecule has 2 atom stereocenters. The van der Waals surface area contributed by atoms with Gasteiger partial charge in [-0.25, -0.2) is 4.79 Å². The molecule has 0 saturated heterocycles. The van der Waals surface area contributed by atoms with Crippen molar-refractivity contribution in [2.24, 2.45) is 5.41 Å². The van der Waals surface area contributed by atoms with E-state index in [-0.39, 0.29) is 18.1 Å². The van der Waals surface area contributed by atoms with Crippen LogP contribution in [0, 0.1) is 5.41 Å². The summed E-state index contributed by atoms with van der Waals surface area (Å²) in [6, 6.07) is 1.31. The highest BCUT2D eigenvalue weighted by molar-refractivity contribution is 6.56. The van der Waals surface area contributed by atoms with Crippen molar-refractivity contribution in [2.75, 3.05) is 6.61 Å². The SMILES string of the molecule is C[SiH](C)C(OC(CO)CC(C)(C)C)n1ccc(=O)[nH]c1=O. The maximum Gasteiger partial charge on any atom is 0.330 e. The van der Waals surface area contributed by atoms with Gasteiger partial charge in [-0.2, -0.15) is 0 Å². The lowest BCUT2D eigenvalue weighted by Crippen LogP contribution is -2.40. The van der Waals surface area contributed by atoms with Crippen LogP contribution in [-0.2, 0) is 4.74 Å². The Morgan fingerprint density at radius 3 is 2.43 bits per heavy atom. The van der Waals surface area contributed by atoms with Crippen LogP contribution in [0.25, 0.3) is 0 Å². The Balaban J connectivity index is 3.01. The zero-order valence-electron chi connectivity index (χ0n) is 13.4. The van der Waals surface area contributed by atoms with Crippen molar-refractivity contribution in [3.05, 3.63) is 33.1 Å². The van der Waals surface area contributed by atoms with Crippen molar-refractivity contribution < 1.29 is 9.84 Å². The molecule has 0 bridgehead atoms. The van der Waals surface area contributed by atoms with Crippen LogP contribution in [0.2, 0.25) is 13.1 Å². The first kappa shape index (κ1) is 17.9. The quantitative estimate of drug-likeness (QED) is 0.763. The largest absolute Gasteiger partial charge is 0.394 e. The third-order valence-electron chi connectivity index (χ3n) is 3.07. The Labute approximate surface area is 126 Å². The molecular formula is C14H26N2O4Si. The third-order valence-corrected chi connectivity index (χ3v) is 4.69. The molecule has 1 rings (SSSR count). The summed E-state index contributed by atoms with van der Waals surface area (Å²) in [5.41, 5.74) is -0.873. The minimum Gasteiger partial charge on any atom is -0.394 e. The molecule has 0 amide bonds. The number of nitrogens with zero attached hydrogens (tertiary/aromatic N) is 1. The van der Waals surface area contributed by atoms with Gasteiger partial charge in [-0.3, -0.25) is 14.3 Å². The summed E-state index contributed by atoms with van der Waals surface area (Å²) in [5, 5.41) is 9.53. The highest BCUT2D eigenvalue weighted by Gasteiger charge is 2.26. The summed E-state index contributed by atoms with van der Waals surface area (Å²) in [7, 11) is -1.39. The highest BCUT2D eigenvalue weighted by Crippen LogP contribution is 2.25. The zero-order chi connectivity index (χ0) is 16.2. The van der Waals surface area contributed by atoms with Gasteiger partial charge in [-0.05, 0) is 11.8 Å². The van der Waals surface area contributed by atoms with Gasteiger partial charge < -0.3 is 9.84 Å². The van der Waals surface area contributed by atoms with Gasteiger partial charge in [0, 0.05) is 12.3 Å². The van der Waals surface area contributed by atoms with Crippen LogP contribution in [0.15, 0.2) is 21.9 Å². The monoisotopic (exact) mass is 314 g/mol. The van der Waals surface area contributed by atoms with Crippen LogP contribution in [0.3, 0.4) is 0 Å². The van der Waals surface area contributed by atoms with Gasteiger partial charge in [0.2, 0.25) is 0 Å². The summed E-state index contributed by atoms with van der Waals surface area (Å²) in [6.07, 6.45) is 1.83. The standard InChI is InChI=1S/C14H26N2O4Si/c1-14(2,3)8-10(9-17)20-13(21(4)5)16-7-6-11(18)15-12(16)19/h6-7,10,13,17,21H,8-9H2,1-5H3,(H,15,18,19). The van der Waals surface area contributed by atoms with Gasteiger partial charge in [0.05, 0.1) is 21.5 Å². The van der Waals surface area contributed by atoms with E-state index in [9.17, 15) is 14.7 Å². The Hall–Kier alpha value is -1.18. The van der Waals surface area contributed by atoms with Crippen LogP contribution >= 0.6 is 0 Å². The number of hydrogen-bond acceptors (Lipinski definition) is 4. The van der Waals surface area contributed by atoms with E-state index in [4.69, 9.17) is 4.74 Å². The molecule has 0 spiro atoms. The fraction of sp³-hybridized carbons (Fsp3) is 0.714. The molecule has 1 heterocycles. The Kier molecular flexibility index (Phi) is 6.12. The minimum atomic E-state index is -1.39. The predicted octanol–water partition coefficient (Wildman–Crippen LogP) is 0.875. The van der Waals surface area contributed by atoms with Crippen molar-refractivity contribution in [2.45, 2.75) is 52.2 Å². The van der Waals surface area contributed by atoms with Gasteiger partial charge >= 0.3 is 5.69 Å². The second-order valence-corrected chi connectivity index (χ2v) is 9.92.